The third-order valence-corrected chi connectivity index (χ3v) is 5.63. The number of ether oxygens (including phenoxy) is 1. The molecule has 1 amide bonds. The number of benzene rings is 2. The summed E-state index contributed by atoms with van der Waals surface area (Å²) in [5, 5.41) is 3.20. The largest absolute Gasteiger partial charge is 0.494 e. The lowest BCUT2D eigenvalue weighted by Gasteiger charge is -2.27. The van der Waals surface area contributed by atoms with Crippen molar-refractivity contribution in [3.63, 3.8) is 0 Å². The average Bonchev–Trinajstić information content (AvgIpc) is 2.69. The van der Waals surface area contributed by atoms with Gasteiger partial charge in [-0.1, -0.05) is 0 Å². The molecule has 9 heteroatoms. The molecule has 152 valence electrons. The second-order valence-electron chi connectivity index (χ2n) is 6.13. The molecule has 28 heavy (non-hydrogen) atoms. The molecule has 1 aliphatic heterocycles. The summed E-state index contributed by atoms with van der Waals surface area (Å²) in [6, 6.07) is 12.7. The average molecular weight is 426 g/mol. The molecular weight excluding hydrogens is 402 g/mol. The quantitative estimate of drug-likeness (QED) is 0.741. The second-order valence-corrected chi connectivity index (χ2v) is 7.81. The van der Waals surface area contributed by atoms with Crippen molar-refractivity contribution in [3.05, 3.63) is 54.1 Å². The minimum atomic E-state index is -3.71. The first-order chi connectivity index (χ1) is 13.0. The number of nitrogens with one attached hydrogen (secondary N) is 2. The first-order valence-electron chi connectivity index (χ1n) is 8.85. The Kier molecular flexibility index (Phi) is 7.68. The van der Waals surface area contributed by atoms with E-state index in [9.17, 15) is 13.2 Å². The highest BCUT2D eigenvalue weighted by Crippen LogP contribution is 2.20. The molecule has 3 rings (SSSR count). The Bertz CT molecular complexity index is 880. The third kappa shape index (κ3) is 5.37. The van der Waals surface area contributed by atoms with Gasteiger partial charge >= 0.3 is 0 Å². The Morgan fingerprint density at radius 3 is 2.25 bits per heavy atom. The number of amides is 1. The molecule has 0 aliphatic carbocycles. The third-order valence-electron chi connectivity index (χ3n) is 4.23. The zero-order chi connectivity index (χ0) is 19.3. The van der Waals surface area contributed by atoms with Crippen molar-refractivity contribution < 1.29 is 17.9 Å². The van der Waals surface area contributed by atoms with E-state index >= 15 is 0 Å². The van der Waals surface area contributed by atoms with Gasteiger partial charge in [0.1, 0.15) is 5.75 Å². The highest BCUT2D eigenvalue weighted by Gasteiger charge is 2.18. The molecule has 0 aromatic heterocycles. The van der Waals surface area contributed by atoms with E-state index in [0.29, 0.717) is 36.7 Å². The van der Waals surface area contributed by atoms with Gasteiger partial charge in [0.2, 0.25) is 0 Å². The highest BCUT2D eigenvalue weighted by atomic mass is 35.5. The molecule has 2 aromatic carbocycles. The molecule has 7 nitrogen and oxygen atoms in total. The van der Waals surface area contributed by atoms with Crippen LogP contribution in [-0.2, 0) is 10.0 Å². The standard InChI is InChI=1S/C19H23N3O4S.ClH/c1-2-26-17-7-9-18(10-8-17)27(24,25)21-16-5-3-15(4-6-16)19(23)22-13-11-20-12-14-22;/h3-10,20-21H,2,11-14H2,1H3;1H. The molecule has 0 bridgehead atoms. The van der Waals surface area contributed by atoms with Gasteiger partial charge in [-0.2, -0.15) is 0 Å². The van der Waals surface area contributed by atoms with Gasteiger partial charge in [0.25, 0.3) is 15.9 Å². The fourth-order valence-electron chi connectivity index (χ4n) is 2.83. The Morgan fingerprint density at radius 1 is 1.07 bits per heavy atom. The van der Waals surface area contributed by atoms with Crippen LogP contribution in [0.15, 0.2) is 53.4 Å². The van der Waals surface area contributed by atoms with Gasteiger partial charge in [0.15, 0.2) is 0 Å². The van der Waals surface area contributed by atoms with E-state index in [1.165, 1.54) is 12.1 Å². The number of nitrogens with zero attached hydrogens (tertiary/aromatic N) is 1. The lowest BCUT2D eigenvalue weighted by atomic mass is 10.1. The summed E-state index contributed by atoms with van der Waals surface area (Å²) in [6.07, 6.45) is 0. The number of rotatable bonds is 6. The predicted molar refractivity (Wildman–Crippen MR) is 111 cm³/mol. The molecule has 0 spiro atoms. The molecule has 0 unspecified atom stereocenters. The number of hydrogen-bond acceptors (Lipinski definition) is 5. The maximum atomic E-state index is 12.5. The first kappa shape index (κ1) is 22.0. The van der Waals surface area contributed by atoms with Crippen LogP contribution < -0.4 is 14.8 Å². The van der Waals surface area contributed by atoms with E-state index < -0.39 is 10.0 Å². The fourth-order valence-corrected chi connectivity index (χ4v) is 3.89. The zero-order valence-electron chi connectivity index (χ0n) is 15.6. The molecule has 1 fully saturated rings. The maximum absolute atomic E-state index is 12.5. The summed E-state index contributed by atoms with van der Waals surface area (Å²) in [7, 11) is -3.71. The summed E-state index contributed by atoms with van der Waals surface area (Å²) in [5.41, 5.74) is 0.946. The second kappa shape index (κ2) is 9.77. The van der Waals surface area contributed by atoms with Crippen LogP contribution in [0.25, 0.3) is 0 Å². The number of sulfonamides is 1. The van der Waals surface area contributed by atoms with Crippen LogP contribution in [0, 0.1) is 0 Å². The molecular formula is C19H24ClN3O4S. The number of carbonyl (C=O) groups is 1. The van der Waals surface area contributed by atoms with Gasteiger partial charge < -0.3 is 15.0 Å². The van der Waals surface area contributed by atoms with Crippen LogP contribution >= 0.6 is 12.4 Å². The predicted octanol–water partition coefficient (Wildman–Crippen LogP) is 2.35. The lowest BCUT2D eigenvalue weighted by molar-refractivity contribution is 0.0736. The molecule has 1 saturated heterocycles. The van der Waals surface area contributed by atoms with Gasteiger partial charge in [0, 0.05) is 37.4 Å². The van der Waals surface area contributed by atoms with Gasteiger partial charge in [-0.3, -0.25) is 9.52 Å². The van der Waals surface area contributed by atoms with E-state index in [1.54, 1.807) is 41.3 Å². The Morgan fingerprint density at radius 2 is 1.68 bits per heavy atom. The van der Waals surface area contributed by atoms with Crippen molar-refractivity contribution >= 4 is 34.0 Å². The minimum Gasteiger partial charge on any atom is -0.494 e. The number of hydrogen-bond donors (Lipinski definition) is 2. The van der Waals surface area contributed by atoms with E-state index in [2.05, 4.69) is 10.0 Å². The molecule has 1 aliphatic rings. The fraction of sp³-hybridized carbons (Fsp3) is 0.316. The summed E-state index contributed by atoms with van der Waals surface area (Å²) < 4.78 is 32.9. The summed E-state index contributed by atoms with van der Waals surface area (Å²) in [5.74, 6) is 0.574. The first-order valence-corrected chi connectivity index (χ1v) is 10.3. The Balaban J connectivity index is 0.00000280. The maximum Gasteiger partial charge on any atom is 0.261 e. The number of halogens is 1. The summed E-state index contributed by atoms with van der Waals surface area (Å²) >= 11 is 0. The van der Waals surface area contributed by atoms with Crippen LogP contribution in [0.5, 0.6) is 5.75 Å². The van der Waals surface area contributed by atoms with Crippen molar-refractivity contribution in [3.8, 4) is 5.75 Å². The van der Waals surface area contributed by atoms with E-state index in [4.69, 9.17) is 4.74 Å². The van der Waals surface area contributed by atoms with Crippen molar-refractivity contribution in [1.29, 1.82) is 0 Å². The molecule has 0 atom stereocenters. The zero-order valence-corrected chi connectivity index (χ0v) is 17.2. The smallest absolute Gasteiger partial charge is 0.261 e. The highest BCUT2D eigenvalue weighted by molar-refractivity contribution is 7.92. The lowest BCUT2D eigenvalue weighted by Crippen LogP contribution is -2.46. The van der Waals surface area contributed by atoms with Crippen molar-refractivity contribution in [1.82, 2.24) is 10.2 Å². The minimum absolute atomic E-state index is 0. The monoisotopic (exact) mass is 425 g/mol. The van der Waals surface area contributed by atoms with Crippen molar-refractivity contribution in [2.24, 2.45) is 0 Å². The van der Waals surface area contributed by atoms with Gasteiger partial charge in [-0.25, -0.2) is 8.42 Å². The van der Waals surface area contributed by atoms with E-state index in [1.807, 2.05) is 6.92 Å². The number of piperazine rings is 1. The molecule has 2 N–H and O–H groups in total. The van der Waals surface area contributed by atoms with Crippen LogP contribution in [0.1, 0.15) is 17.3 Å². The topological polar surface area (TPSA) is 87.7 Å². The van der Waals surface area contributed by atoms with E-state index in [0.717, 1.165) is 13.1 Å². The summed E-state index contributed by atoms with van der Waals surface area (Å²) in [6.45, 7) is 5.29. The van der Waals surface area contributed by atoms with Crippen molar-refractivity contribution in [2.75, 3.05) is 37.5 Å². The normalized spacial score (nSPS) is 14.1. The summed E-state index contributed by atoms with van der Waals surface area (Å²) in [4.78, 5) is 14.4. The SMILES string of the molecule is CCOc1ccc(S(=O)(=O)Nc2ccc(C(=O)N3CCNCC3)cc2)cc1.Cl. The number of carbonyl (C=O) groups excluding carboxylic acids is 1. The van der Waals surface area contributed by atoms with Gasteiger partial charge in [-0.05, 0) is 55.5 Å². The van der Waals surface area contributed by atoms with E-state index in [-0.39, 0.29) is 23.2 Å². The van der Waals surface area contributed by atoms with Crippen LogP contribution in [0.2, 0.25) is 0 Å². The van der Waals surface area contributed by atoms with Crippen molar-refractivity contribution in [2.45, 2.75) is 11.8 Å². The molecule has 1 heterocycles. The molecule has 0 radical (unpaired) electrons. The van der Waals surface area contributed by atoms with Gasteiger partial charge in [0.05, 0.1) is 11.5 Å². The van der Waals surface area contributed by atoms with Crippen LogP contribution in [0.3, 0.4) is 0 Å². The molecule has 0 saturated carbocycles. The number of anilines is 1. The Hall–Kier alpha value is -2.29. The Labute approximate surface area is 171 Å². The molecule has 2 aromatic rings. The van der Waals surface area contributed by atoms with Gasteiger partial charge in [-0.15, -0.1) is 12.4 Å². The van der Waals surface area contributed by atoms with Crippen LogP contribution in [0.4, 0.5) is 5.69 Å². The van der Waals surface area contributed by atoms with Crippen LogP contribution in [-0.4, -0.2) is 52.0 Å².